The van der Waals surface area contributed by atoms with Crippen molar-refractivity contribution in [1.82, 2.24) is 0 Å². The summed E-state index contributed by atoms with van der Waals surface area (Å²) in [6.07, 6.45) is 8.71. The van der Waals surface area contributed by atoms with Gasteiger partial charge in [0.05, 0.1) is 0 Å². The molecule has 0 unspecified atom stereocenters. The molecule has 0 aliphatic heterocycles. The first-order valence-corrected chi connectivity index (χ1v) is 4.19. The Morgan fingerprint density at radius 2 is 1.67 bits per heavy atom. The number of hydrogen-bond acceptors (Lipinski definition) is 0. The van der Waals surface area contributed by atoms with Crippen molar-refractivity contribution in [2.75, 3.05) is 0 Å². The van der Waals surface area contributed by atoms with Crippen LogP contribution in [0.3, 0.4) is 0 Å². The number of rotatable bonds is 0. The maximum atomic E-state index is 3.38. The average molecular weight is 152 g/mol. The molecular weight excluding hydrogens is 144 g/mol. The summed E-state index contributed by atoms with van der Waals surface area (Å²) < 4.78 is 0. The molecule has 5 aliphatic carbocycles. The second-order valence-corrected chi connectivity index (χ2v) is 3.20. The summed E-state index contributed by atoms with van der Waals surface area (Å²) in [4.78, 5) is 0. The van der Waals surface area contributed by atoms with Crippen LogP contribution >= 0.6 is 0 Å². The SMILES string of the molecule is [C]1=C2C=C[C](C1)c1ccc2cc1. The quantitative estimate of drug-likeness (QED) is 0.536. The van der Waals surface area contributed by atoms with Crippen LogP contribution in [-0.2, 0) is 0 Å². The highest BCUT2D eigenvalue weighted by Crippen LogP contribution is 2.33. The third-order valence-corrected chi connectivity index (χ3v) is 2.49. The Bertz CT molecular complexity index is 366. The topological polar surface area (TPSA) is 0 Å². The lowest BCUT2D eigenvalue weighted by Gasteiger charge is -2.20. The Morgan fingerprint density at radius 3 is 2.33 bits per heavy atom. The Kier molecular flexibility index (Phi) is 1.09. The zero-order chi connectivity index (χ0) is 7.97. The molecule has 4 bridgehead atoms. The van der Waals surface area contributed by atoms with Crippen molar-refractivity contribution in [3.05, 3.63) is 59.5 Å². The van der Waals surface area contributed by atoms with Crippen LogP contribution in [0.1, 0.15) is 17.5 Å². The van der Waals surface area contributed by atoms with Crippen molar-refractivity contribution >= 4 is 5.57 Å². The minimum Gasteiger partial charge on any atom is -0.0718 e. The largest absolute Gasteiger partial charge is 0.0718 e. The van der Waals surface area contributed by atoms with Crippen molar-refractivity contribution < 1.29 is 0 Å². The van der Waals surface area contributed by atoms with Gasteiger partial charge in [-0.3, -0.25) is 0 Å². The lowest BCUT2D eigenvalue weighted by molar-refractivity contribution is 1.06. The molecule has 0 heterocycles. The van der Waals surface area contributed by atoms with Gasteiger partial charge < -0.3 is 0 Å². The summed E-state index contributed by atoms with van der Waals surface area (Å²) in [6, 6.07) is 8.71. The van der Waals surface area contributed by atoms with Gasteiger partial charge in [0.1, 0.15) is 0 Å². The average Bonchev–Trinajstić information content (AvgIpc) is 2.13. The predicted octanol–water partition coefficient (Wildman–Crippen LogP) is 2.77. The van der Waals surface area contributed by atoms with E-state index in [2.05, 4.69) is 42.5 Å². The lowest BCUT2D eigenvalue weighted by Crippen LogP contribution is -2.03. The molecule has 12 heavy (non-hydrogen) atoms. The van der Waals surface area contributed by atoms with E-state index >= 15 is 0 Å². The molecule has 5 aliphatic rings. The zero-order valence-corrected chi connectivity index (χ0v) is 6.67. The highest BCUT2D eigenvalue weighted by atomic mass is 14.2. The number of benzene rings is 1. The Balaban J connectivity index is 2.36. The molecule has 1 aromatic rings. The second kappa shape index (κ2) is 2.10. The summed E-state index contributed by atoms with van der Waals surface area (Å²) in [6.45, 7) is 0. The lowest BCUT2D eigenvalue weighted by atomic mass is 9.84. The molecule has 1 aromatic carbocycles. The van der Waals surface area contributed by atoms with Gasteiger partial charge in [-0.2, -0.15) is 0 Å². The smallest absolute Gasteiger partial charge is 0.0311 e. The fourth-order valence-corrected chi connectivity index (χ4v) is 1.75. The van der Waals surface area contributed by atoms with E-state index in [1.807, 2.05) is 0 Å². The first-order valence-electron chi connectivity index (χ1n) is 4.19. The highest BCUT2D eigenvalue weighted by molar-refractivity contribution is 5.76. The van der Waals surface area contributed by atoms with E-state index in [9.17, 15) is 0 Å². The molecular formula is C12H8. The Labute approximate surface area is 72.2 Å². The van der Waals surface area contributed by atoms with Crippen LogP contribution in [0.2, 0.25) is 0 Å². The van der Waals surface area contributed by atoms with Gasteiger partial charge in [0.25, 0.3) is 0 Å². The molecule has 0 fully saturated rings. The molecule has 0 amide bonds. The van der Waals surface area contributed by atoms with E-state index in [0.29, 0.717) is 0 Å². The van der Waals surface area contributed by atoms with Gasteiger partial charge in [0, 0.05) is 5.92 Å². The molecule has 0 nitrogen and oxygen atoms in total. The minimum absolute atomic E-state index is 0.972. The fourth-order valence-electron chi connectivity index (χ4n) is 1.75. The summed E-state index contributed by atoms with van der Waals surface area (Å²) in [5.74, 6) is 1.38. The summed E-state index contributed by atoms with van der Waals surface area (Å²) >= 11 is 0. The van der Waals surface area contributed by atoms with Crippen molar-refractivity contribution in [3.8, 4) is 0 Å². The van der Waals surface area contributed by atoms with Gasteiger partial charge in [-0.25, -0.2) is 0 Å². The van der Waals surface area contributed by atoms with E-state index in [0.717, 1.165) is 6.42 Å². The van der Waals surface area contributed by atoms with Gasteiger partial charge in [-0.15, -0.1) is 0 Å². The number of hydrogen-bond donors (Lipinski definition) is 0. The van der Waals surface area contributed by atoms with Crippen LogP contribution in [-0.4, -0.2) is 0 Å². The zero-order valence-electron chi connectivity index (χ0n) is 6.67. The first-order chi connectivity index (χ1) is 5.93. The molecule has 0 heteroatoms. The first kappa shape index (κ1) is 6.24. The van der Waals surface area contributed by atoms with Crippen molar-refractivity contribution in [2.24, 2.45) is 0 Å². The van der Waals surface area contributed by atoms with Crippen LogP contribution in [0.25, 0.3) is 5.57 Å². The van der Waals surface area contributed by atoms with E-state index in [1.54, 1.807) is 0 Å². The molecule has 0 N–H and O–H groups in total. The van der Waals surface area contributed by atoms with E-state index < -0.39 is 0 Å². The second-order valence-electron chi connectivity index (χ2n) is 3.20. The minimum atomic E-state index is 0.972. The fraction of sp³-hybridized carbons (Fsp3) is 0.0833. The van der Waals surface area contributed by atoms with Crippen LogP contribution in [0.5, 0.6) is 0 Å². The van der Waals surface area contributed by atoms with Gasteiger partial charge in [-0.05, 0) is 29.2 Å². The molecule has 0 saturated heterocycles. The van der Waals surface area contributed by atoms with Crippen LogP contribution in [0.4, 0.5) is 0 Å². The van der Waals surface area contributed by atoms with Gasteiger partial charge in [0.15, 0.2) is 0 Å². The third kappa shape index (κ3) is 0.724. The third-order valence-electron chi connectivity index (χ3n) is 2.49. The molecule has 0 spiro atoms. The number of allylic oxidation sites excluding steroid dienone is 4. The molecule has 0 aromatic heterocycles. The van der Waals surface area contributed by atoms with Crippen molar-refractivity contribution in [1.29, 1.82) is 0 Å². The summed E-state index contributed by atoms with van der Waals surface area (Å²) in [5, 5.41) is 0. The maximum Gasteiger partial charge on any atom is 0.0311 e. The molecule has 0 saturated carbocycles. The van der Waals surface area contributed by atoms with Gasteiger partial charge >= 0.3 is 0 Å². The normalized spacial score (nSPS) is 19.2. The van der Waals surface area contributed by atoms with Gasteiger partial charge in [0.2, 0.25) is 0 Å². The molecule has 56 valence electrons. The highest BCUT2D eigenvalue weighted by Gasteiger charge is 2.16. The summed E-state index contributed by atoms with van der Waals surface area (Å²) in [7, 11) is 0. The van der Waals surface area contributed by atoms with Crippen molar-refractivity contribution in [3.63, 3.8) is 0 Å². The monoisotopic (exact) mass is 152 g/mol. The molecule has 6 rings (SSSR count). The predicted molar refractivity (Wildman–Crippen MR) is 49.2 cm³/mol. The maximum absolute atomic E-state index is 3.38. The standard InChI is InChI=1S/C12H8/c1-2-10-4-3-9(1)11-5-7-12(10)8-6-11/h1-5,7H,6H2. The van der Waals surface area contributed by atoms with Crippen LogP contribution < -0.4 is 0 Å². The van der Waals surface area contributed by atoms with Crippen LogP contribution in [0.15, 0.2) is 36.4 Å². The Hall–Kier alpha value is -1.30. The van der Waals surface area contributed by atoms with E-state index in [-0.39, 0.29) is 0 Å². The summed E-state index contributed by atoms with van der Waals surface area (Å²) in [5.41, 5.74) is 3.86. The Morgan fingerprint density at radius 1 is 0.917 bits per heavy atom. The molecule has 0 atom stereocenters. The van der Waals surface area contributed by atoms with Gasteiger partial charge in [-0.1, -0.05) is 36.4 Å². The van der Waals surface area contributed by atoms with E-state index in [1.165, 1.54) is 22.6 Å². The van der Waals surface area contributed by atoms with Crippen LogP contribution in [0, 0.1) is 12.0 Å². The van der Waals surface area contributed by atoms with Crippen molar-refractivity contribution in [2.45, 2.75) is 6.42 Å². The molecule has 2 radical (unpaired) electrons. The van der Waals surface area contributed by atoms with E-state index in [4.69, 9.17) is 0 Å².